The number of aryl methyl sites for hydroxylation is 1. The van der Waals surface area contributed by atoms with Crippen LogP contribution in [0.15, 0.2) is 47.4 Å². The Morgan fingerprint density at radius 3 is 2.65 bits per heavy atom. The number of methoxy groups -OCH3 is 1. The number of fused-ring (bicyclic) bond motifs is 1. The number of benzene rings is 1. The lowest BCUT2D eigenvalue weighted by molar-refractivity contribution is -0.191. The number of rotatable bonds is 6. The minimum absolute atomic E-state index is 0.135. The fourth-order valence-electron chi connectivity index (χ4n) is 4.25. The Hall–Kier alpha value is -3.57. The Labute approximate surface area is 218 Å². The number of nitrogens with zero attached hydrogens (tertiary/aromatic N) is 4. The average molecular weight is 523 g/mol. The summed E-state index contributed by atoms with van der Waals surface area (Å²) in [6.45, 7) is 2.73. The van der Waals surface area contributed by atoms with Crippen LogP contribution < -0.4 is 21.3 Å². The summed E-state index contributed by atoms with van der Waals surface area (Å²) >= 11 is 6.76. The maximum Gasteiger partial charge on any atom is 0.260 e. The van der Waals surface area contributed by atoms with Crippen LogP contribution in [0.5, 0.6) is 5.75 Å². The molecule has 0 saturated carbocycles. The molecule has 0 spiro atoms. The van der Waals surface area contributed by atoms with Crippen LogP contribution in [0.3, 0.4) is 0 Å². The van der Waals surface area contributed by atoms with E-state index in [4.69, 9.17) is 31.5 Å². The highest BCUT2D eigenvalue weighted by Crippen LogP contribution is 2.35. The molecule has 0 aliphatic carbocycles. The van der Waals surface area contributed by atoms with Crippen molar-refractivity contribution in [3.63, 3.8) is 0 Å². The lowest BCUT2D eigenvalue weighted by atomic mass is 10.0. The quantitative estimate of drug-likeness (QED) is 0.392. The molecule has 1 fully saturated rings. The predicted molar refractivity (Wildman–Crippen MR) is 142 cm³/mol. The highest BCUT2D eigenvalue weighted by Gasteiger charge is 2.23. The van der Waals surface area contributed by atoms with E-state index in [-0.39, 0.29) is 18.1 Å². The lowest BCUT2D eigenvalue weighted by Gasteiger charge is -2.28. The van der Waals surface area contributed by atoms with Crippen molar-refractivity contribution in [3.8, 4) is 28.1 Å². The summed E-state index contributed by atoms with van der Waals surface area (Å²) in [6.07, 6.45) is 1.03. The van der Waals surface area contributed by atoms with Gasteiger partial charge in [-0.05, 0) is 31.2 Å². The molecule has 4 heterocycles. The van der Waals surface area contributed by atoms with Gasteiger partial charge in [-0.2, -0.15) is 4.98 Å². The summed E-state index contributed by atoms with van der Waals surface area (Å²) < 4.78 is 18.4. The van der Waals surface area contributed by atoms with Crippen molar-refractivity contribution in [3.05, 3.63) is 63.7 Å². The van der Waals surface area contributed by atoms with Crippen molar-refractivity contribution < 1.29 is 14.2 Å². The number of anilines is 1. The molecule has 0 amide bonds. The van der Waals surface area contributed by atoms with Crippen LogP contribution in [-0.4, -0.2) is 59.2 Å². The zero-order valence-corrected chi connectivity index (χ0v) is 21.5. The second-order valence-corrected chi connectivity index (χ2v) is 9.16. The van der Waals surface area contributed by atoms with Crippen molar-refractivity contribution >= 4 is 28.6 Å². The number of aromatic nitrogens is 4. The second-order valence-electron chi connectivity index (χ2n) is 8.75. The molecular formula is C26H27ClN6O4. The maximum absolute atomic E-state index is 13.8. The third kappa shape index (κ3) is 5.01. The summed E-state index contributed by atoms with van der Waals surface area (Å²) in [6, 6.07) is 10.8. The van der Waals surface area contributed by atoms with E-state index in [1.807, 2.05) is 31.2 Å². The number of hydrogen-bond donors (Lipinski definition) is 2. The van der Waals surface area contributed by atoms with Crippen molar-refractivity contribution in [2.24, 2.45) is 5.73 Å². The summed E-state index contributed by atoms with van der Waals surface area (Å²) in [5.41, 5.74) is 9.32. The van der Waals surface area contributed by atoms with Crippen molar-refractivity contribution in [2.75, 3.05) is 32.7 Å². The molecule has 4 aromatic rings. The Morgan fingerprint density at radius 1 is 1.16 bits per heavy atom. The van der Waals surface area contributed by atoms with Gasteiger partial charge < -0.3 is 25.3 Å². The van der Waals surface area contributed by atoms with Gasteiger partial charge in [-0.1, -0.05) is 23.7 Å². The van der Waals surface area contributed by atoms with E-state index < -0.39 is 6.29 Å². The summed E-state index contributed by atoms with van der Waals surface area (Å²) in [7, 11) is 3.31. The number of halogens is 1. The molecule has 1 aliphatic heterocycles. The first-order valence-electron chi connectivity index (χ1n) is 11.8. The van der Waals surface area contributed by atoms with Gasteiger partial charge in [0.05, 0.1) is 32.9 Å². The molecule has 11 heteroatoms. The third-order valence-electron chi connectivity index (χ3n) is 6.12. The van der Waals surface area contributed by atoms with Gasteiger partial charge in [-0.3, -0.25) is 9.36 Å². The number of pyridine rings is 2. The SMILES string of the molecule is CNc1ncc2cc(-c3ccc(-c4nc(C)ccc4OC)cc3Cl)c(=O)n(CC3OCC(N)CO3)c2n1. The molecule has 192 valence electrons. The van der Waals surface area contributed by atoms with Crippen LogP contribution in [0.25, 0.3) is 33.4 Å². The van der Waals surface area contributed by atoms with E-state index in [9.17, 15) is 4.79 Å². The molecule has 3 aromatic heterocycles. The Morgan fingerprint density at radius 2 is 1.95 bits per heavy atom. The van der Waals surface area contributed by atoms with Crippen LogP contribution >= 0.6 is 11.6 Å². The molecule has 0 bridgehead atoms. The zero-order valence-electron chi connectivity index (χ0n) is 20.7. The van der Waals surface area contributed by atoms with Crippen LogP contribution in [0.4, 0.5) is 5.95 Å². The largest absolute Gasteiger partial charge is 0.494 e. The lowest BCUT2D eigenvalue weighted by Crippen LogP contribution is -2.43. The molecule has 1 aliphatic rings. The van der Waals surface area contributed by atoms with E-state index in [0.29, 0.717) is 57.8 Å². The van der Waals surface area contributed by atoms with Crippen LogP contribution in [0.2, 0.25) is 5.02 Å². The first-order chi connectivity index (χ1) is 17.9. The monoisotopic (exact) mass is 522 g/mol. The number of nitrogens with two attached hydrogens (primary N) is 1. The van der Waals surface area contributed by atoms with Crippen LogP contribution in [-0.2, 0) is 16.0 Å². The van der Waals surface area contributed by atoms with E-state index in [1.165, 1.54) is 4.57 Å². The molecule has 3 N–H and O–H groups in total. The standard InChI is InChI=1S/C26H27ClN6O4/c1-14-4-7-21(35-3)23(31-14)15-5-6-18(20(27)9-15)19-8-16-10-30-26(29-2)32-24(16)33(25(19)34)11-22-36-12-17(28)13-37-22/h4-10,17,22H,11-13,28H2,1-3H3,(H,29,30,32). The number of hydrogen-bond acceptors (Lipinski definition) is 9. The predicted octanol–water partition coefficient (Wildman–Crippen LogP) is 3.23. The summed E-state index contributed by atoms with van der Waals surface area (Å²) in [4.78, 5) is 27.3. The van der Waals surface area contributed by atoms with E-state index in [1.54, 1.807) is 32.5 Å². The maximum atomic E-state index is 13.8. The number of nitrogens with one attached hydrogen (secondary N) is 1. The van der Waals surface area contributed by atoms with E-state index in [0.717, 1.165) is 11.3 Å². The van der Waals surface area contributed by atoms with Gasteiger partial charge in [0.25, 0.3) is 5.56 Å². The first kappa shape index (κ1) is 25.1. The van der Waals surface area contributed by atoms with Crippen molar-refractivity contribution in [1.29, 1.82) is 0 Å². The molecule has 10 nitrogen and oxygen atoms in total. The minimum atomic E-state index is -0.637. The van der Waals surface area contributed by atoms with Gasteiger partial charge in [-0.15, -0.1) is 0 Å². The molecular weight excluding hydrogens is 496 g/mol. The Kier molecular flexibility index (Phi) is 7.07. The van der Waals surface area contributed by atoms with Crippen molar-refractivity contribution in [2.45, 2.75) is 25.8 Å². The highest BCUT2D eigenvalue weighted by atomic mass is 35.5. The van der Waals surface area contributed by atoms with Gasteiger partial charge in [0.15, 0.2) is 6.29 Å². The molecule has 0 radical (unpaired) electrons. The first-order valence-corrected chi connectivity index (χ1v) is 12.1. The molecule has 37 heavy (non-hydrogen) atoms. The van der Waals surface area contributed by atoms with Gasteiger partial charge in [0.1, 0.15) is 17.1 Å². The Bertz CT molecular complexity index is 1520. The van der Waals surface area contributed by atoms with Crippen LogP contribution in [0, 0.1) is 6.92 Å². The molecule has 1 aromatic carbocycles. The van der Waals surface area contributed by atoms with Gasteiger partial charge in [-0.25, -0.2) is 9.97 Å². The van der Waals surface area contributed by atoms with Crippen molar-refractivity contribution in [1.82, 2.24) is 19.5 Å². The molecule has 5 rings (SSSR count). The van der Waals surface area contributed by atoms with E-state index in [2.05, 4.69) is 20.3 Å². The number of ether oxygens (including phenoxy) is 3. The van der Waals surface area contributed by atoms with Gasteiger partial charge in [0, 0.05) is 46.0 Å². The highest BCUT2D eigenvalue weighted by molar-refractivity contribution is 6.33. The van der Waals surface area contributed by atoms with Gasteiger partial charge in [0.2, 0.25) is 5.95 Å². The van der Waals surface area contributed by atoms with E-state index >= 15 is 0 Å². The third-order valence-corrected chi connectivity index (χ3v) is 6.44. The van der Waals surface area contributed by atoms with Gasteiger partial charge >= 0.3 is 0 Å². The topological polar surface area (TPSA) is 126 Å². The summed E-state index contributed by atoms with van der Waals surface area (Å²) in [5, 5.41) is 3.98. The molecule has 1 saturated heterocycles. The molecule has 0 atom stereocenters. The summed E-state index contributed by atoms with van der Waals surface area (Å²) in [5.74, 6) is 1.02. The second kappa shape index (κ2) is 10.4. The Balaban J connectivity index is 1.62. The smallest absolute Gasteiger partial charge is 0.260 e. The van der Waals surface area contributed by atoms with Crippen LogP contribution in [0.1, 0.15) is 5.69 Å². The zero-order chi connectivity index (χ0) is 26.1. The average Bonchev–Trinajstić information content (AvgIpc) is 2.91. The molecule has 0 unspecified atom stereocenters. The normalized spacial score (nSPS) is 17.6. The minimum Gasteiger partial charge on any atom is -0.494 e. The fourth-order valence-corrected chi connectivity index (χ4v) is 4.53. The fraction of sp³-hybridized carbons (Fsp3) is 0.308.